The van der Waals surface area contributed by atoms with Crippen molar-refractivity contribution in [2.45, 2.75) is 12.8 Å². The topological polar surface area (TPSA) is 69.6 Å². The van der Waals surface area contributed by atoms with Gasteiger partial charge in [0.2, 0.25) is 5.95 Å². The Hall–Kier alpha value is -2.09. The molecule has 2 aliphatic rings. The first kappa shape index (κ1) is 21.2. The summed E-state index contributed by atoms with van der Waals surface area (Å²) in [7, 11) is 0. The van der Waals surface area contributed by atoms with Crippen LogP contribution in [0.25, 0.3) is 0 Å². The van der Waals surface area contributed by atoms with Gasteiger partial charge in [0, 0.05) is 39.3 Å². The molecule has 0 N–H and O–H groups in total. The molecule has 4 rings (SSSR count). The van der Waals surface area contributed by atoms with Crippen LogP contribution in [-0.2, 0) is 0 Å². The van der Waals surface area contributed by atoms with E-state index in [1.165, 1.54) is 6.20 Å². The lowest BCUT2D eigenvalue weighted by Gasteiger charge is -2.35. The summed E-state index contributed by atoms with van der Waals surface area (Å²) in [6.07, 6.45) is 3.65. The zero-order valence-electron chi connectivity index (χ0n) is 16.2. The number of nitrogens with zero attached hydrogens (tertiary/aromatic N) is 5. The minimum atomic E-state index is -0.254. The fourth-order valence-electron chi connectivity index (χ4n) is 3.68. The molecule has 0 spiro atoms. The van der Waals surface area contributed by atoms with Gasteiger partial charge in [0.1, 0.15) is 0 Å². The summed E-state index contributed by atoms with van der Waals surface area (Å²) in [5.41, 5.74) is 0.560. The minimum absolute atomic E-state index is 0.200. The number of halogens is 3. The van der Waals surface area contributed by atoms with Gasteiger partial charge in [0.05, 0.1) is 26.8 Å². The molecule has 3 heterocycles. The molecule has 1 aromatic heterocycles. The van der Waals surface area contributed by atoms with Crippen molar-refractivity contribution in [1.29, 1.82) is 0 Å². The molecule has 0 atom stereocenters. The van der Waals surface area contributed by atoms with E-state index in [4.69, 9.17) is 34.8 Å². The van der Waals surface area contributed by atoms with Crippen molar-refractivity contribution in [3.8, 4) is 0 Å². The molecule has 0 aliphatic carbocycles. The van der Waals surface area contributed by atoms with Gasteiger partial charge in [-0.05, 0) is 25.0 Å². The van der Waals surface area contributed by atoms with Crippen LogP contribution in [0.3, 0.4) is 0 Å². The quantitative estimate of drug-likeness (QED) is 0.688. The second-order valence-electron chi connectivity index (χ2n) is 7.25. The van der Waals surface area contributed by atoms with Crippen molar-refractivity contribution < 1.29 is 9.59 Å². The highest BCUT2D eigenvalue weighted by Crippen LogP contribution is 2.27. The summed E-state index contributed by atoms with van der Waals surface area (Å²) < 4.78 is 0. The maximum absolute atomic E-state index is 13.0. The summed E-state index contributed by atoms with van der Waals surface area (Å²) in [5, 5.41) is 0.806. The molecule has 10 heteroatoms. The molecule has 2 aromatic rings. The first-order valence-corrected chi connectivity index (χ1v) is 10.9. The average Bonchev–Trinajstić information content (AvgIpc) is 3.30. The molecular formula is C20H20Cl3N5O2. The van der Waals surface area contributed by atoms with Crippen LogP contribution in [0.1, 0.15) is 33.7 Å². The lowest BCUT2D eigenvalue weighted by Crippen LogP contribution is -2.50. The monoisotopic (exact) mass is 467 g/mol. The van der Waals surface area contributed by atoms with E-state index < -0.39 is 0 Å². The average molecular weight is 469 g/mol. The number of carbonyl (C=O) groups is 2. The van der Waals surface area contributed by atoms with Gasteiger partial charge in [-0.15, -0.1) is 0 Å². The van der Waals surface area contributed by atoms with Gasteiger partial charge in [-0.25, -0.2) is 9.97 Å². The van der Waals surface area contributed by atoms with E-state index in [2.05, 4.69) is 14.9 Å². The third kappa shape index (κ3) is 4.19. The van der Waals surface area contributed by atoms with Crippen LogP contribution in [0.5, 0.6) is 0 Å². The third-order valence-electron chi connectivity index (χ3n) is 5.36. The molecule has 0 radical (unpaired) electrons. The van der Waals surface area contributed by atoms with Crippen LogP contribution in [0.2, 0.25) is 15.1 Å². The molecule has 0 unspecified atom stereocenters. The lowest BCUT2D eigenvalue weighted by atomic mass is 10.1. The van der Waals surface area contributed by atoms with Crippen LogP contribution in [0.4, 0.5) is 5.95 Å². The molecule has 1 aromatic carbocycles. The molecule has 158 valence electrons. The van der Waals surface area contributed by atoms with Gasteiger partial charge >= 0.3 is 0 Å². The van der Waals surface area contributed by atoms with Crippen LogP contribution < -0.4 is 4.90 Å². The lowest BCUT2D eigenvalue weighted by molar-refractivity contribution is 0.0532. The minimum Gasteiger partial charge on any atom is -0.341 e. The molecular weight excluding hydrogens is 449 g/mol. The van der Waals surface area contributed by atoms with E-state index in [-0.39, 0.29) is 27.6 Å². The number of benzene rings is 1. The first-order valence-electron chi connectivity index (χ1n) is 9.76. The summed E-state index contributed by atoms with van der Waals surface area (Å²) in [6.45, 7) is 3.28. The Morgan fingerprint density at radius 1 is 0.833 bits per heavy atom. The maximum Gasteiger partial charge on any atom is 0.274 e. The van der Waals surface area contributed by atoms with Gasteiger partial charge in [0.25, 0.3) is 11.8 Å². The Labute approximate surface area is 189 Å². The largest absolute Gasteiger partial charge is 0.341 e. The van der Waals surface area contributed by atoms with Crippen molar-refractivity contribution in [2.75, 3.05) is 44.2 Å². The number of anilines is 1. The molecule has 0 bridgehead atoms. The summed E-state index contributed by atoms with van der Waals surface area (Å²) in [4.78, 5) is 39.9. The highest BCUT2D eigenvalue weighted by molar-refractivity contribution is 6.43. The molecule has 2 fully saturated rings. The van der Waals surface area contributed by atoms with Crippen LogP contribution >= 0.6 is 34.8 Å². The summed E-state index contributed by atoms with van der Waals surface area (Å²) >= 11 is 18.4. The number of piperazine rings is 1. The van der Waals surface area contributed by atoms with E-state index in [0.717, 1.165) is 25.9 Å². The highest BCUT2D eigenvalue weighted by atomic mass is 35.5. The number of carbonyl (C=O) groups excluding carboxylic acids is 2. The third-order valence-corrected chi connectivity index (χ3v) is 6.45. The van der Waals surface area contributed by atoms with E-state index in [9.17, 15) is 9.59 Å². The fourth-order valence-corrected chi connectivity index (χ4v) is 4.23. The highest BCUT2D eigenvalue weighted by Gasteiger charge is 2.29. The Bertz CT molecular complexity index is 973. The van der Waals surface area contributed by atoms with Crippen LogP contribution in [-0.4, -0.2) is 70.9 Å². The number of rotatable bonds is 3. The van der Waals surface area contributed by atoms with Gasteiger partial charge in [-0.3, -0.25) is 9.59 Å². The number of amides is 2. The molecule has 2 amide bonds. The maximum atomic E-state index is 13.0. The van der Waals surface area contributed by atoms with Crippen molar-refractivity contribution in [2.24, 2.45) is 0 Å². The summed E-state index contributed by atoms with van der Waals surface area (Å²) in [5.74, 6) is 0.0754. The Morgan fingerprint density at radius 3 is 2.13 bits per heavy atom. The normalized spacial score (nSPS) is 16.8. The number of aromatic nitrogens is 2. The standard InChI is InChI=1S/C20H20Cl3N5O2/c21-14-5-3-4-13(16(14)23)18(29)26-8-10-27(11-9-26)19(30)17-15(22)12-24-20(25-17)28-6-1-2-7-28/h3-5,12H,1-2,6-11H2. The molecule has 7 nitrogen and oxygen atoms in total. The summed E-state index contributed by atoms with van der Waals surface area (Å²) in [6, 6.07) is 4.98. The Kier molecular flexibility index (Phi) is 6.32. The second-order valence-corrected chi connectivity index (χ2v) is 8.44. The smallest absolute Gasteiger partial charge is 0.274 e. The molecule has 0 saturated carbocycles. The van der Waals surface area contributed by atoms with Crippen LogP contribution in [0, 0.1) is 0 Å². The first-order chi connectivity index (χ1) is 14.5. The van der Waals surface area contributed by atoms with Crippen molar-refractivity contribution >= 4 is 52.6 Å². The van der Waals surface area contributed by atoms with Crippen LogP contribution in [0.15, 0.2) is 24.4 Å². The number of hydrogen-bond donors (Lipinski definition) is 0. The SMILES string of the molecule is O=C(c1cccc(Cl)c1Cl)N1CCN(C(=O)c2nc(N3CCCC3)ncc2Cl)CC1. The molecule has 2 aliphatic heterocycles. The van der Waals surface area contributed by atoms with Crippen molar-refractivity contribution in [1.82, 2.24) is 19.8 Å². The predicted octanol–water partition coefficient (Wildman–Crippen LogP) is 3.64. The van der Waals surface area contributed by atoms with Crippen molar-refractivity contribution in [3.05, 3.63) is 50.7 Å². The van der Waals surface area contributed by atoms with E-state index >= 15 is 0 Å². The van der Waals surface area contributed by atoms with E-state index in [1.54, 1.807) is 28.0 Å². The number of hydrogen-bond acceptors (Lipinski definition) is 5. The van der Waals surface area contributed by atoms with Gasteiger partial charge < -0.3 is 14.7 Å². The molecule has 2 saturated heterocycles. The van der Waals surface area contributed by atoms with E-state index in [1.807, 2.05) is 0 Å². The molecule has 30 heavy (non-hydrogen) atoms. The van der Waals surface area contributed by atoms with Gasteiger partial charge in [-0.1, -0.05) is 40.9 Å². The Balaban J connectivity index is 1.44. The zero-order chi connectivity index (χ0) is 21.3. The van der Waals surface area contributed by atoms with Gasteiger partial charge in [0.15, 0.2) is 5.69 Å². The van der Waals surface area contributed by atoms with E-state index in [0.29, 0.717) is 42.7 Å². The van der Waals surface area contributed by atoms with Crippen molar-refractivity contribution in [3.63, 3.8) is 0 Å². The second kappa shape index (κ2) is 8.96. The predicted molar refractivity (Wildman–Crippen MR) is 117 cm³/mol. The fraction of sp³-hybridized carbons (Fsp3) is 0.400. The van der Waals surface area contributed by atoms with Gasteiger partial charge in [-0.2, -0.15) is 0 Å². The zero-order valence-corrected chi connectivity index (χ0v) is 18.4. The Morgan fingerprint density at radius 2 is 1.47 bits per heavy atom.